The molecule has 1 saturated heterocycles. The van der Waals surface area contributed by atoms with E-state index < -0.39 is 0 Å². The van der Waals surface area contributed by atoms with E-state index in [-0.39, 0.29) is 12.0 Å². The Kier molecular flexibility index (Phi) is 5.40. The van der Waals surface area contributed by atoms with Crippen LogP contribution < -0.4 is 0 Å². The Labute approximate surface area is 123 Å². The van der Waals surface area contributed by atoms with Gasteiger partial charge in [0.25, 0.3) is 0 Å². The molecule has 0 bridgehead atoms. The normalized spacial score (nSPS) is 19.2. The highest BCUT2D eigenvalue weighted by Gasteiger charge is 2.19. The molecule has 3 nitrogen and oxygen atoms in total. The molecule has 0 saturated carbocycles. The second-order valence-corrected chi connectivity index (χ2v) is 5.98. The van der Waals surface area contributed by atoms with Gasteiger partial charge in [-0.15, -0.1) is 0 Å². The monoisotopic (exact) mass is 325 g/mol. The number of amides is 1. The van der Waals surface area contributed by atoms with Crippen LogP contribution >= 0.6 is 15.9 Å². The summed E-state index contributed by atoms with van der Waals surface area (Å²) in [6, 6.07) is 8.06. The van der Waals surface area contributed by atoms with Gasteiger partial charge in [0, 0.05) is 24.7 Å². The summed E-state index contributed by atoms with van der Waals surface area (Å²) < 4.78 is 6.67. The molecule has 0 N–H and O–H groups in total. The van der Waals surface area contributed by atoms with Crippen LogP contribution in [0.5, 0.6) is 0 Å². The summed E-state index contributed by atoms with van der Waals surface area (Å²) in [5.74, 6) is 0.162. The molecule has 0 radical (unpaired) electrons. The highest BCUT2D eigenvalue weighted by atomic mass is 79.9. The van der Waals surface area contributed by atoms with Crippen LogP contribution in [0.15, 0.2) is 28.7 Å². The average Bonchev–Trinajstić information content (AvgIpc) is 2.42. The number of halogens is 1. The molecule has 1 aromatic rings. The van der Waals surface area contributed by atoms with E-state index in [1.165, 1.54) is 6.42 Å². The van der Waals surface area contributed by atoms with Gasteiger partial charge in [-0.25, -0.2) is 0 Å². The minimum absolute atomic E-state index is 0.119. The summed E-state index contributed by atoms with van der Waals surface area (Å²) in [6.07, 6.45) is 3.94. The number of benzene rings is 1. The minimum Gasteiger partial charge on any atom is -0.378 e. The van der Waals surface area contributed by atoms with Crippen LogP contribution in [0.1, 0.15) is 31.2 Å². The second kappa shape index (κ2) is 7.06. The van der Waals surface area contributed by atoms with Gasteiger partial charge < -0.3 is 9.64 Å². The van der Waals surface area contributed by atoms with E-state index in [0.29, 0.717) is 13.0 Å². The summed E-state index contributed by atoms with van der Waals surface area (Å²) in [5, 5.41) is 0. The first-order valence-electron chi connectivity index (χ1n) is 6.75. The van der Waals surface area contributed by atoms with Crippen molar-refractivity contribution in [3.05, 3.63) is 34.3 Å². The van der Waals surface area contributed by atoms with Gasteiger partial charge in [0.15, 0.2) is 0 Å². The molecule has 1 aromatic carbocycles. The van der Waals surface area contributed by atoms with Crippen LogP contribution in [0.2, 0.25) is 0 Å². The molecule has 0 aliphatic carbocycles. The topological polar surface area (TPSA) is 29.5 Å². The highest BCUT2D eigenvalue weighted by Crippen LogP contribution is 2.17. The van der Waals surface area contributed by atoms with E-state index in [1.54, 1.807) is 4.90 Å². The van der Waals surface area contributed by atoms with Gasteiger partial charge in [-0.1, -0.05) is 28.1 Å². The Morgan fingerprint density at radius 2 is 2.11 bits per heavy atom. The maximum atomic E-state index is 12.1. The molecule has 1 aliphatic heterocycles. The van der Waals surface area contributed by atoms with Gasteiger partial charge in [0.05, 0.1) is 12.5 Å². The predicted octanol–water partition coefficient (Wildman–Crippen LogP) is 3.37. The molecule has 1 fully saturated rings. The third kappa shape index (κ3) is 4.62. The van der Waals surface area contributed by atoms with Crippen LogP contribution in [0.4, 0.5) is 0 Å². The Hall–Kier alpha value is -0.870. The zero-order chi connectivity index (χ0) is 13.7. The van der Waals surface area contributed by atoms with E-state index in [4.69, 9.17) is 4.74 Å². The summed E-state index contributed by atoms with van der Waals surface area (Å²) in [7, 11) is 1.85. The highest BCUT2D eigenvalue weighted by molar-refractivity contribution is 9.10. The molecule has 1 amide bonds. The Bertz CT molecular complexity index is 413. The van der Waals surface area contributed by atoms with Gasteiger partial charge in [-0.05, 0) is 37.0 Å². The fraction of sp³-hybridized carbons (Fsp3) is 0.533. The van der Waals surface area contributed by atoms with Gasteiger partial charge in [-0.2, -0.15) is 0 Å². The third-order valence-electron chi connectivity index (χ3n) is 3.44. The van der Waals surface area contributed by atoms with Gasteiger partial charge in [0.2, 0.25) is 5.91 Å². The fourth-order valence-electron chi connectivity index (χ4n) is 2.27. The smallest absolute Gasteiger partial charge is 0.225 e. The van der Waals surface area contributed by atoms with Crippen molar-refractivity contribution < 1.29 is 9.53 Å². The second-order valence-electron chi connectivity index (χ2n) is 5.07. The molecular formula is C15H20BrNO2. The average molecular weight is 326 g/mol. The van der Waals surface area contributed by atoms with Crippen LogP contribution in [0.3, 0.4) is 0 Å². The number of nitrogens with zero attached hydrogens (tertiary/aromatic N) is 1. The van der Waals surface area contributed by atoms with Crippen LogP contribution in [-0.2, 0) is 16.1 Å². The molecule has 1 aliphatic rings. The number of rotatable bonds is 4. The first kappa shape index (κ1) is 14.5. The SMILES string of the molecule is CN(Cc1ccc(Br)cc1)C(=O)CC1CCCCO1. The quantitative estimate of drug-likeness (QED) is 0.849. The van der Waals surface area contributed by atoms with Crippen LogP contribution in [-0.4, -0.2) is 30.6 Å². The predicted molar refractivity (Wildman–Crippen MR) is 78.8 cm³/mol. The van der Waals surface area contributed by atoms with Crippen molar-refractivity contribution in [2.24, 2.45) is 0 Å². The van der Waals surface area contributed by atoms with Gasteiger partial charge >= 0.3 is 0 Å². The lowest BCUT2D eigenvalue weighted by Crippen LogP contribution is -2.31. The van der Waals surface area contributed by atoms with Gasteiger partial charge in [-0.3, -0.25) is 4.79 Å². The Morgan fingerprint density at radius 1 is 1.37 bits per heavy atom. The maximum Gasteiger partial charge on any atom is 0.225 e. The van der Waals surface area contributed by atoms with Crippen LogP contribution in [0.25, 0.3) is 0 Å². The van der Waals surface area contributed by atoms with Crippen molar-refractivity contribution in [2.45, 2.75) is 38.3 Å². The zero-order valence-corrected chi connectivity index (χ0v) is 12.9. The molecule has 2 rings (SSSR count). The molecule has 0 spiro atoms. The molecule has 19 heavy (non-hydrogen) atoms. The number of carbonyl (C=O) groups excluding carboxylic acids is 1. The lowest BCUT2D eigenvalue weighted by atomic mass is 10.1. The Balaban J connectivity index is 1.83. The standard InChI is InChI=1S/C15H20BrNO2/c1-17(11-12-5-7-13(16)8-6-12)15(18)10-14-4-2-3-9-19-14/h5-8,14H,2-4,9-11H2,1H3. The zero-order valence-electron chi connectivity index (χ0n) is 11.3. The maximum absolute atomic E-state index is 12.1. The number of ether oxygens (including phenoxy) is 1. The molecular weight excluding hydrogens is 306 g/mol. The molecule has 1 atom stereocenters. The first-order valence-corrected chi connectivity index (χ1v) is 7.54. The van der Waals surface area contributed by atoms with Crippen molar-refractivity contribution in [3.8, 4) is 0 Å². The van der Waals surface area contributed by atoms with Crippen LogP contribution in [0, 0.1) is 0 Å². The minimum atomic E-state index is 0.119. The lowest BCUT2D eigenvalue weighted by Gasteiger charge is -2.25. The Morgan fingerprint density at radius 3 is 2.74 bits per heavy atom. The fourth-order valence-corrected chi connectivity index (χ4v) is 2.54. The van der Waals surface area contributed by atoms with E-state index in [0.717, 1.165) is 29.5 Å². The number of hydrogen-bond donors (Lipinski definition) is 0. The lowest BCUT2D eigenvalue weighted by molar-refractivity contribution is -0.134. The molecule has 4 heteroatoms. The first-order chi connectivity index (χ1) is 9.15. The summed E-state index contributed by atoms with van der Waals surface area (Å²) >= 11 is 3.41. The summed E-state index contributed by atoms with van der Waals surface area (Å²) in [4.78, 5) is 13.9. The van der Waals surface area contributed by atoms with E-state index in [1.807, 2.05) is 31.3 Å². The molecule has 0 aromatic heterocycles. The molecule has 1 unspecified atom stereocenters. The van der Waals surface area contributed by atoms with Crippen molar-refractivity contribution >= 4 is 21.8 Å². The van der Waals surface area contributed by atoms with Crippen molar-refractivity contribution in [1.82, 2.24) is 4.90 Å². The molecule has 1 heterocycles. The number of carbonyl (C=O) groups is 1. The van der Waals surface area contributed by atoms with E-state index >= 15 is 0 Å². The van der Waals surface area contributed by atoms with Crippen molar-refractivity contribution in [2.75, 3.05) is 13.7 Å². The summed E-state index contributed by atoms with van der Waals surface area (Å²) in [6.45, 7) is 1.45. The van der Waals surface area contributed by atoms with Crippen molar-refractivity contribution in [1.29, 1.82) is 0 Å². The largest absolute Gasteiger partial charge is 0.378 e. The summed E-state index contributed by atoms with van der Waals surface area (Å²) in [5.41, 5.74) is 1.14. The van der Waals surface area contributed by atoms with E-state index in [2.05, 4.69) is 15.9 Å². The number of hydrogen-bond acceptors (Lipinski definition) is 2. The van der Waals surface area contributed by atoms with Gasteiger partial charge in [0.1, 0.15) is 0 Å². The third-order valence-corrected chi connectivity index (χ3v) is 3.96. The molecule has 104 valence electrons. The van der Waals surface area contributed by atoms with E-state index in [9.17, 15) is 4.79 Å². The van der Waals surface area contributed by atoms with Crippen molar-refractivity contribution in [3.63, 3.8) is 0 Å².